The van der Waals surface area contributed by atoms with Crippen LogP contribution in [0.4, 0.5) is 5.69 Å². The average molecular weight is 256 g/mol. The van der Waals surface area contributed by atoms with Gasteiger partial charge in [-0.3, -0.25) is 0 Å². The number of rotatable bonds is 3. The number of nitrogens with one attached hydrogen (secondary N) is 2. The Kier molecular flexibility index (Phi) is 3.36. The fraction of sp³-hybridized carbons (Fsp3) is 0.182. The van der Waals surface area contributed by atoms with Gasteiger partial charge in [-0.1, -0.05) is 23.2 Å². The predicted octanol–water partition coefficient (Wildman–Crippen LogP) is 3.64. The molecule has 16 heavy (non-hydrogen) atoms. The van der Waals surface area contributed by atoms with E-state index in [1.165, 1.54) is 0 Å². The molecule has 0 aliphatic heterocycles. The second kappa shape index (κ2) is 4.76. The van der Waals surface area contributed by atoms with Gasteiger partial charge in [0.15, 0.2) is 0 Å². The summed E-state index contributed by atoms with van der Waals surface area (Å²) in [5.41, 5.74) is 2.83. The van der Waals surface area contributed by atoms with Crippen LogP contribution in [0.15, 0.2) is 24.5 Å². The van der Waals surface area contributed by atoms with Crippen LogP contribution in [0.5, 0.6) is 0 Å². The molecule has 3 nitrogen and oxygen atoms in total. The summed E-state index contributed by atoms with van der Waals surface area (Å²) in [5, 5.41) is 4.51. The topological polar surface area (TPSA) is 40.7 Å². The number of hydrogen-bond acceptors (Lipinski definition) is 2. The van der Waals surface area contributed by atoms with Crippen molar-refractivity contribution in [1.29, 1.82) is 0 Å². The van der Waals surface area contributed by atoms with Gasteiger partial charge in [-0.25, -0.2) is 4.98 Å². The summed E-state index contributed by atoms with van der Waals surface area (Å²) in [6.07, 6.45) is 1.67. The molecule has 2 rings (SSSR count). The third kappa shape index (κ3) is 2.49. The molecule has 2 N–H and O–H groups in total. The fourth-order valence-electron chi connectivity index (χ4n) is 1.38. The van der Waals surface area contributed by atoms with Gasteiger partial charge in [0, 0.05) is 10.7 Å². The average Bonchev–Trinajstić information content (AvgIpc) is 2.66. The summed E-state index contributed by atoms with van der Waals surface area (Å²) in [6.45, 7) is 2.60. The van der Waals surface area contributed by atoms with Crippen LogP contribution in [-0.4, -0.2) is 9.97 Å². The maximum Gasteiger partial charge on any atom is 0.0925 e. The van der Waals surface area contributed by atoms with Crippen LogP contribution in [0.1, 0.15) is 11.4 Å². The first kappa shape index (κ1) is 11.3. The lowest BCUT2D eigenvalue weighted by atomic mass is 10.3. The number of imidazole rings is 1. The second-order valence-corrected chi connectivity index (χ2v) is 4.30. The number of halogens is 2. The molecule has 0 aliphatic carbocycles. The Bertz CT molecular complexity index is 494. The van der Waals surface area contributed by atoms with Gasteiger partial charge in [0.1, 0.15) is 0 Å². The Morgan fingerprint density at radius 3 is 2.88 bits per heavy atom. The quantitative estimate of drug-likeness (QED) is 0.880. The number of anilines is 1. The minimum absolute atomic E-state index is 0.620. The molecule has 0 saturated heterocycles. The van der Waals surface area contributed by atoms with Gasteiger partial charge in [-0.2, -0.15) is 0 Å². The molecule has 5 heteroatoms. The van der Waals surface area contributed by atoms with Crippen molar-refractivity contribution < 1.29 is 0 Å². The van der Waals surface area contributed by atoms with Gasteiger partial charge < -0.3 is 10.3 Å². The van der Waals surface area contributed by atoms with Crippen molar-refractivity contribution in [3.63, 3.8) is 0 Å². The van der Waals surface area contributed by atoms with Gasteiger partial charge in [0.25, 0.3) is 0 Å². The Morgan fingerprint density at radius 2 is 2.19 bits per heavy atom. The van der Waals surface area contributed by atoms with Crippen molar-refractivity contribution in [1.82, 2.24) is 9.97 Å². The highest BCUT2D eigenvalue weighted by molar-refractivity contribution is 6.35. The van der Waals surface area contributed by atoms with E-state index in [9.17, 15) is 0 Å². The molecule has 0 amide bonds. The molecule has 0 bridgehead atoms. The van der Waals surface area contributed by atoms with E-state index < -0.39 is 0 Å². The SMILES string of the molecule is Cc1[nH]cnc1CNc1cc(Cl)ccc1Cl. The van der Waals surface area contributed by atoms with Gasteiger partial charge in [0.05, 0.1) is 29.3 Å². The van der Waals surface area contributed by atoms with Crippen LogP contribution in [0, 0.1) is 6.92 Å². The van der Waals surface area contributed by atoms with E-state index in [2.05, 4.69) is 15.3 Å². The van der Waals surface area contributed by atoms with Gasteiger partial charge in [0.2, 0.25) is 0 Å². The first-order chi connectivity index (χ1) is 7.66. The van der Waals surface area contributed by atoms with E-state index in [1.807, 2.05) is 6.92 Å². The lowest BCUT2D eigenvalue weighted by Gasteiger charge is -2.07. The van der Waals surface area contributed by atoms with Gasteiger partial charge in [-0.05, 0) is 25.1 Å². The van der Waals surface area contributed by atoms with Crippen molar-refractivity contribution in [3.05, 3.63) is 46.0 Å². The number of H-pyrrole nitrogens is 1. The highest BCUT2D eigenvalue weighted by Crippen LogP contribution is 2.25. The Labute approximate surface area is 104 Å². The van der Waals surface area contributed by atoms with Crippen LogP contribution in [-0.2, 0) is 6.54 Å². The minimum atomic E-state index is 0.620. The van der Waals surface area contributed by atoms with Crippen molar-refractivity contribution >= 4 is 28.9 Å². The molecule has 0 spiro atoms. The number of aromatic nitrogens is 2. The molecular formula is C11H11Cl2N3. The largest absolute Gasteiger partial charge is 0.378 e. The summed E-state index contributed by atoms with van der Waals surface area (Å²) >= 11 is 11.9. The third-order valence-corrected chi connectivity index (χ3v) is 2.87. The van der Waals surface area contributed by atoms with Crippen molar-refractivity contribution in [2.45, 2.75) is 13.5 Å². The van der Waals surface area contributed by atoms with Crippen LogP contribution in [0.3, 0.4) is 0 Å². The summed E-state index contributed by atoms with van der Waals surface area (Å²) in [6, 6.07) is 5.32. The van der Waals surface area contributed by atoms with E-state index >= 15 is 0 Å². The molecule has 0 atom stereocenters. The number of hydrogen-bond donors (Lipinski definition) is 2. The summed E-state index contributed by atoms with van der Waals surface area (Å²) in [4.78, 5) is 7.21. The zero-order chi connectivity index (χ0) is 11.5. The second-order valence-electron chi connectivity index (χ2n) is 3.45. The molecule has 1 aromatic heterocycles. The monoisotopic (exact) mass is 255 g/mol. The lowest BCUT2D eigenvalue weighted by molar-refractivity contribution is 1.05. The molecular weight excluding hydrogens is 245 g/mol. The van der Waals surface area contributed by atoms with E-state index in [-0.39, 0.29) is 0 Å². The zero-order valence-electron chi connectivity index (χ0n) is 8.72. The Balaban J connectivity index is 2.10. The summed E-state index contributed by atoms with van der Waals surface area (Å²) < 4.78 is 0. The van der Waals surface area contributed by atoms with Crippen molar-refractivity contribution in [2.75, 3.05) is 5.32 Å². The number of aromatic amines is 1. The standard InChI is InChI=1S/C11H11Cl2N3/c1-7-11(16-6-15-7)5-14-10-4-8(12)2-3-9(10)13/h2-4,6,14H,5H2,1H3,(H,15,16). The fourth-order valence-corrected chi connectivity index (χ4v) is 1.73. The number of benzene rings is 1. The van der Waals surface area contributed by atoms with Crippen LogP contribution >= 0.6 is 23.2 Å². The summed E-state index contributed by atoms with van der Waals surface area (Å²) in [7, 11) is 0. The Hall–Kier alpha value is -1.19. The summed E-state index contributed by atoms with van der Waals surface area (Å²) in [5.74, 6) is 0. The molecule has 0 unspecified atom stereocenters. The first-order valence-corrected chi connectivity index (χ1v) is 5.60. The smallest absolute Gasteiger partial charge is 0.0925 e. The van der Waals surface area contributed by atoms with Crippen LogP contribution < -0.4 is 5.32 Å². The zero-order valence-corrected chi connectivity index (χ0v) is 10.2. The van der Waals surface area contributed by atoms with E-state index in [1.54, 1.807) is 24.5 Å². The maximum absolute atomic E-state index is 6.03. The molecule has 1 heterocycles. The minimum Gasteiger partial charge on any atom is -0.378 e. The molecule has 84 valence electrons. The molecule has 0 fully saturated rings. The maximum atomic E-state index is 6.03. The molecule has 0 radical (unpaired) electrons. The van der Waals surface area contributed by atoms with Gasteiger partial charge >= 0.3 is 0 Å². The van der Waals surface area contributed by atoms with E-state index in [4.69, 9.17) is 23.2 Å². The van der Waals surface area contributed by atoms with E-state index in [0.29, 0.717) is 16.6 Å². The Morgan fingerprint density at radius 1 is 1.38 bits per heavy atom. The van der Waals surface area contributed by atoms with Crippen molar-refractivity contribution in [3.8, 4) is 0 Å². The molecule has 0 aliphatic rings. The van der Waals surface area contributed by atoms with E-state index in [0.717, 1.165) is 17.1 Å². The normalized spacial score (nSPS) is 10.4. The molecule has 0 saturated carbocycles. The molecule has 1 aromatic carbocycles. The number of aryl methyl sites for hydroxylation is 1. The number of nitrogens with zero attached hydrogens (tertiary/aromatic N) is 1. The van der Waals surface area contributed by atoms with Crippen LogP contribution in [0.2, 0.25) is 10.0 Å². The van der Waals surface area contributed by atoms with Gasteiger partial charge in [-0.15, -0.1) is 0 Å². The lowest BCUT2D eigenvalue weighted by Crippen LogP contribution is -2.01. The molecule has 2 aromatic rings. The highest BCUT2D eigenvalue weighted by Gasteiger charge is 2.03. The van der Waals surface area contributed by atoms with Crippen LogP contribution in [0.25, 0.3) is 0 Å². The first-order valence-electron chi connectivity index (χ1n) is 4.84. The van der Waals surface area contributed by atoms with Crippen molar-refractivity contribution in [2.24, 2.45) is 0 Å². The highest BCUT2D eigenvalue weighted by atomic mass is 35.5. The third-order valence-electron chi connectivity index (χ3n) is 2.31. The predicted molar refractivity (Wildman–Crippen MR) is 67.1 cm³/mol.